The zero-order chi connectivity index (χ0) is 13.2. The van der Waals surface area contributed by atoms with E-state index in [0.29, 0.717) is 11.7 Å². The monoisotopic (exact) mass is 244 g/mol. The van der Waals surface area contributed by atoms with Gasteiger partial charge in [0.2, 0.25) is 0 Å². The first-order valence-electron chi connectivity index (χ1n) is 7.05. The third-order valence-corrected chi connectivity index (χ3v) is 4.33. The molecule has 0 aliphatic heterocycles. The molecule has 1 saturated carbocycles. The summed E-state index contributed by atoms with van der Waals surface area (Å²) in [6.07, 6.45) is 4.05. The summed E-state index contributed by atoms with van der Waals surface area (Å²) < 4.78 is 0. The lowest BCUT2D eigenvalue weighted by Crippen LogP contribution is -2.36. The molecule has 0 bridgehead atoms. The Bertz CT molecular complexity index is 405. The maximum atomic E-state index is 12.2. The van der Waals surface area contributed by atoms with Crippen LogP contribution >= 0.6 is 0 Å². The number of Topliss-reactive ketones (excluding diaryl/α,β-unsaturated/α-hetero) is 1. The van der Waals surface area contributed by atoms with Crippen LogP contribution in [0.1, 0.15) is 45.6 Å². The van der Waals surface area contributed by atoms with E-state index < -0.39 is 0 Å². The Morgan fingerprint density at radius 2 is 1.83 bits per heavy atom. The van der Waals surface area contributed by atoms with Crippen LogP contribution < -0.4 is 0 Å². The minimum atomic E-state index is 0.0819. The number of hydrogen-bond acceptors (Lipinski definition) is 1. The van der Waals surface area contributed by atoms with E-state index in [-0.39, 0.29) is 11.3 Å². The van der Waals surface area contributed by atoms with Crippen LogP contribution in [0.3, 0.4) is 0 Å². The maximum Gasteiger partial charge on any atom is 0.136 e. The molecule has 0 heterocycles. The molecule has 0 radical (unpaired) electrons. The molecule has 0 amide bonds. The van der Waals surface area contributed by atoms with Gasteiger partial charge in [-0.25, -0.2) is 0 Å². The Hall–Kier alpha value is -1.11. The van der Waals surface area contributed by atoms with Gasteiger partial charge < -0.3 is 0 Å². The van der Waals surface area contributed by atoms with E-state index in [4.69, 9.17) is 0 Å². The largest absolute Gasteiger partial charge is 0.299 e. The molecule has 18 heavy (non-hydrogen) atoms. The van der Waals surface area contributed by atoms with E-state index in [1.165, 1.54) is 12.0 Å². The molecule has 1 aliphatic carbocycles. The highest BCUT2D eigenvalue weighted by molar-refractivity contribution is 5.82. The summed E-state index contributed by atoms with van der Waals surface area (Å²) in [7, 11) is 0. The molecule has 98 valence electrons. The van der Waals surface area contributed by atoms with Gasteiger partial charge in [0.05, 0.1) is 0 Å². The van der Waals surface area contributed by atoms with Crippen molar-refractivity contribution >= 4 is 5.78 Å². The quantitative estimate of drug-likeness (QED) is 0.776. The second-order valence-corrected chi connectivity index (χ2v) is 6.56. The van der Waals surface area contributed by atoms with Crippen molar-refractivity contribution in [3.05, 3.63) is 35.9 Å². The normalized spacial score (nSPS) is 25.2. The van der Waals surface area contributed by atoms with E-state index in [2.05, 4.69) is 45.0 Å². The van der Waals surface area contributed by atoms with Gasteiger partial charge in [-0.1, -0.05) is 51.1 Å². The number of hydrogen-bond donors (Lipinski definition) is 0. The molecule has 2 unspecified atom stereocenters. The van der Waals surface area contributed by atoms with Crippen LogP contribution in [0.5, 0.6) is 0 Å². The number of carbonyl (C=O) groups is 1. The van der Waals surface area contributed by atoms with Gasteiger partial charge >= 0.3 is 0 Å². The molecule has 1 heteroatoms. The molecule has 2 atom stereocenters. The zero-order valence-corrected chi connectivity index (χ0v) is 11.8. The molecule has 1 nitrogen and oxygen atoms in total. The number of ketones is 1. The van der Waals surface area contributed by atoms with Crippen molar-refractivity contribution in [1.82, 2.24) is 0 Å². The predicted molar refractivity (Wildman–Crippen MR) is 75.4 cm³/mol. The molecule has 0 N–H and O–H groups in total. The fourth-order valence-electron chi connectivity index (χ4n) is 3.27. The van der Waals surface area contributed by atoms with Gasteiger partial charge in [0.25, 0.3) is 0 Å². The molecule has 0 aromatic heterocycles. The fraction of sp³-hybridized carbons (Fsp3) is 0.588. The third kappa shape index (κ3) is 3.01. The van der Waals surface area contributed by atoms with Crippen LogP contribution in [-0.4, -0.2) is 5.78 Å². The van der Waals surface area contributed by atoms with Crippen molar-refractivity contribution in [2.24, 2.45) is 17.3 Å². The van der Waals surface area contributed by atoms with Crippen molar-refractivity contribution in [1.29, 1.82) is 0 Å². The van der Waals surface area contributed by atoms with Gasteiger partial charge in [-0.05, 0) is 36.2 Å². The van der Waals surface area contributed by atoms with Crippen LogP contribution in [0.25, 0.3) is 0 Å². The predicted octanol–water partition coefficient (Wildman–Crippen LogP) is 4.26. The van der Waals surface area contributed by atoms with E-state index >= 15 is 0 Å². The Kier molecular flexibility index (Phi) is 3.89. The van der Waals surface area contributed by atoms with Crippen LogP contribution in [0.15, 0.2) is 30.3 Å². The summed E-state index contributed by atoms with van der Waals surface area (Å²) in [5.74, 6) is 1.31. The first kappa shape index (κ1) is 13.3. The molecule has 1 aromatic carbocycles. The fourth-order valence-corrected chi connectivity index (χ4v) is 3.27. The van der Waals surface area contributed by atoms with Gasteiger partial charge in [-0.15, -0.1) is 0 Å². The molecule has 1 aromatic rings. The summed E-state index contributed by atoms with van der Waals surface area (Å²) in [6.45, 7) is 6.69. The number of carbonyl (C=O) groups excluding carboxylic acids is 1. The average Bonchev–Trinajstić information content (AvgIpc) is 2.29. The van der Waals surface area contributed by atoms with Crippen LogP contribution in [0.4, 0.5) is 0 Å². The number of rotatable bonds is 3. The minimum absolute atomic E-state index is 0.0819. The van der Waals surface area contributed by atoms with Gasteiger partial charge in [0, 0.05) is 12.3 Å². The molecule has 1 aliphatic rings. The summed E-state index contributed by atoms with van der Waals surface area (Å²) >= 11 is 0. The zero-order valence-electron chi connectivity index (χ0n) is 11.8. The van der Waals surface area contributed by atoms with E-state index in [9.17, 15) is 4.79 Å². The van der Waals surface area contributed by atoms with Gasteiger partial charge in [0.1, 0.15) is 5.78 Å². The van der Waals surface area contributed by atoms with E-state index in [0.717, 1.165) is 19.3 Å². The van der Waals surface area contributed by atoms with E-state index in [1.54, 1.807) is 0 Å². The SMILES string of the molecule is CC1CCC(C(C)(C)Cc2ccccc2)C(=O)C1. The first-order valence-corrected chi connectivity index (χ1v) is 7.05. The molecule has 0 spiro atoms. The Morgan fingerprint density at radius 3 is 2.44 bits per heavy atom. The van der Waals surface area contributed by atoms with Crippen molar-refractivity contribution in [2.45, 2.75) is 46.5 Å². The topological polar surface area (TPSA) is 17.1 Å². The second kappa shape index (κ2) is 5.26. The van der Waals surface area contributed by atoms with E-state index in [1.807, 2.05) is 6.07 Å². The summed E-state index contributed by atoms with van der Waals surface area (Å²) in [4.78, 5) is 12.2. The third-order valence-electron chi connectivity index (χ3n) is 4.33. The average molecular weight is 244 g/mol. The molecule has 0 saturated heterocycles. The maximum absolute atomic E-state index is 12.2. The molecule has 1 fully saturated rings. The Morgan fingerprint density at radius 1 is 1.17 bits per heavy atom. The van der Waals surface area contributed by atoms with Crippen LogP contribution in [-0.2, 0) is 11.2 Å². The molecular weight excluding hydrogens is 220 g/mol. The molecule has 2 rings (SSSR count). The molecular formula is C17H24O. The van der Waals surface area contributed by atoms with Crippen LogP contribution in [0.2, 0.25) is 0 Å². The summed E-state index contributed by atoms with van der Waals surface area (Å²) in [5, 5.41) is 0. The van der Waals surface area contributed by atoms with Crippen LogP contribution in [0, 0.1) is 17.3 Å². The summed E-state index contributed by atoms with van der Waals surface area (Å²) in [6, 6.07) is 10.5. The van der Waals surface area contributed by atoms with Crippen molar-refractivity contribution in [3.63, 3.8) is 0 Å². The van der Waals surface area contributed by atoms with Gasteiger partial charge in [-0.3, -0.25) is 4.79 Å². The van der Waals surface area contributed by atoms with Crippen molar-refractivity contribution in [3.8, 4) is 0 Å². The minimum Gasteiger partial charge on any atom is -0.299 e. The first-order chi connectivity index (χ1) is 8.49. The highest BCUT2D eigenvalue weighted by Gasteiger charge is 2.37. The Balaban J connectivity index is 2.08. The Labute approximate surface area is 111 Å². The van der Waals surface area contributed by atoms with Gasteiger partial charge in [-0.2, -0.15) is 0 Å². The lowest BCUT2D eigenvalue weighted by molar-refractivity contribution is -0.129. The summed E-state index contributed by atoms with van der Waals surface area (Å²) in [5.41, 5.74) is 1.42. The highest BCUT2D eigenvalue weighted by Crippen LogP contribution is 2.40. The lowest BCUT2D eigenvalue weighted by atomic mass is 9.66. The van der Waals surface area contributed by atoms with Crippen molar-refractivity contribution in [2.75, 3.05) is 0 Å². The second-order valence-electron chi connectivity index (χ2n) is 6.56. The smallest absolute Gasteiger partial charge is 0.136 e. The highest BCUT2D eigenvalue weighted by atomic mass is 16.1. The standard InChI is InChI=1S/C17H24O/c1-13-9-10-15(16(18)11-13)17(2,3)12-14-7-5-4-6-8-14/h4-8,13,15H,9-12H2,1-3H3. The number of benzene rings is 1. The lowest BCUT2D eigenvalue weighted by Gasteiger charge is -2.37. The van der Waals surface area contributed by atoms with Crippen molar-refractivity contribution < 1.29 is 4.79 Å². The van der Waals surface area contributed by atoms with Gasteiger partial charge in [0.15, 0.2) is 0 Å².